The Morgan fingerprint density at radius 3 is 2.10 bits per heavy atom. The van der Waals surface area contributed by atoms with Gasteiger partial charge in [-0.1, -0.05) is 13.8 Å². The van der Waals surface area contributed by atoms with E-state index in [2.05, 4.69) is 11.9 Å². The molecule has 0 spiro atoms. The maximum Gasteiger partial charge on any atom is 0.114 e. The first kappa shape index (κ1) is 10.3. The third-order valence-corrected chi connectivity index (χ3v) is 2.86. The SMILES string of the molecule is CC.CN1CCSC1(C)N. The monoisotopic (exact) mass is 162 g/mol. The van der Waals surface area contributed by atoms with Gasteiger partial charge in [0.05, 0.1) is 0 Å². The van der Waals surface area contributed by atoms with Gasteiger partial charge in [-0.15, -0.1) is 11.8 Å². The van der Waals surface area contributed by atoms with Crippen LogP contribution in [0.4, 0.5) is 0 Å². The van der Waals surface area contributed by atoms with Gasteiger partial charge in [-0.25, -0.2) is 0 Å². The highest BCUT2D eigenvalue weighted by molar-refractivity contribution is 8.00. The van der Waals surface area contributed by atoms with Crippen LogP contribution in [0.2, 0.25) is 0 Å². The zero-order valence-electron chi connectivity index (χ0n) is 7.35. The molecule has 0 bridgehead atoms. The Hall–Kier alpha value is 0.270. The van der Waals surface area contributed by atoms with Crippen LogP contribution < -0.4 is 5.73 Å². The van der Waals surface area contributed by atoms with E-state index in [1.807, 2.05) is 32.5 Å². The molecule has 1 rings (SSSR count). The molecule has 3 heteroatoms. The maximum atomic E-state index is 5.81. The molecule has 0 aliphatic carbocycles. The number of nitrogens with two attached hydrogens (primary N) is 1. The molecular weight excluding hydrogens is 144 g/mol. The number of thioether (sulfide) groups is 1. The molecule has 1 atom stereocenters. The average Bonchev–Trinajstić information content (AvgIpc) is 2.17. The molecule has 0 aromatic carbocycles. The first-order valence-corrected chi connectivity index (χ1v) is 4.75. The van der Waals surface area contributed by atoms with E-state index in [0.29, 0.717) is 0 Å². The smallest absolute Gasteiger partial charge is 0.114 e. The average molecular weight is 162 g/mol. The predicted octanol–water partition coefficient (Wildman–Crippen LogP) is 1.32. The van der Waals surface area contributed by atoms with Gasteiger partial charge in [0.15, 0.2) is 0 Å². The molecule has 2 nitrogen and oxygen atoms in total. The highest BCUT2D eigenvalue weighted by Gasteiger charge is 2.29. The van der Waals surface area contributed by atoms with Crippen molar-refractivity contribution in [3.63, 3.8) is 0 Å². The quantitative estimate of drug-likeness (QED) is 0.582. The summed E-state index contributed by atoms with van der Waals surface area (Å²) >= 11 is 1.81. The lowest BCUT2D eigenvalue weighted by Gasteiger charge is -2.25. The summed E-state index contributed by atoms with van der Waals surface area (Å²) in [5, 5.41) is 0. The van der Waals surface area contributed by atoms with E-state index >= 15 is 0 Å². The zero-order valence-corrected chi connectivity index (χ0v) is 8.16. The van der Waals surface area contributed by atoms with Gasteiger partial charge in [-0.3, -0.25) is 4.90 Å². The van der Waals surface area contributed by atoms with Gasteiger partial charge in [-0.05, 0) is 14.0 Å². The van der Waals surface area contributed by atoms with Crippen molar-refractivity contribution in [2.24, 2.45) is 5.73 Å². The van der Waals surface area contributed by atoms with Gasteiger partial charge in [0.1, 0.15) is 4.99 Å². The van der Waals surface area contributed by atoms with E-state index < -0.39 is 0 Å². The summed E-state index contributed by atoms with van der Waals surface area (Å²) in [7, 11) is 2.06. The van der Waals surface area contributed by atoms with Crippen molar-refractivity contribution < 1.29 is 0 Å². The Labute approximate surface area is 68.2 Å². The van der Waals surface area contributed by atoms with Crippen LogP contribution in [0.15, 0.2) is 0 Å². The molecule has 1 aliphatic heterocycles. The molecule has 0 aromatic heterocycles. The van der Waals surface area contributed by atoms with Crippen LogP contribution in [0, 0.1) is 0 Å². The Morgan fingerprint density at radius 2 is 2.00 bits per heavy atom. The van der Waals surface area contributed by atoms with E-state index in [1.54, 1.807) is 0 Å². The van der Waals surface area contributed by atoms with Gasteiger partial charge in [0.25, 0.3) is 0 Å². The van der Waals surface area contributed by atoms with E-state index in [1.165, 1.54) is 5.75 Å². The lowest BCUT2D eigenvalue weighted by molar-refractivity contribution is 0.266. The van der Waals surface area contributed by atoms with Crippen molar-refractivity contribution in [2.45, 2.75) is 25.8 Å². The molecule has 0 radical (unpaired) electrons. The first-order chi connectivity index (χ1) is 4.63. The highest BCUT2D eigenvalue weighted by atomic mass is 32.2. The van der Waals surface area contributed by atoms with Gasteiger partial charge < -0.3 is 5.73 Å². The van der Waals surface area contributed by atoms with E-state index in [4.69, 9.17) is 5.73 Å². The zero-order chi connectivity index (χ0) is 8.20. The second kappa shape index (κ2) is 4.21. The van der Waals surface area contributed by atoms with Gasteiger partial charge in [0.2, 0.25) is 0 Å². The van der Waals surface area contributed by atoms with E-state index in [0.717, 1.165) is 6.54 Å². The molecule has 2 N–H and O–H groups in total. The van der Waals surface area contributed by atoms with Crippen LogP contribution >= 0.6 is 11.8 Å². The van der Waals surface area contributed by atoms with Crippen molar-refractivity contribution in [1.29, 1.82) is 0 Å². The fourth-order valence-electron chi connectivity index (χ4n) is 0.721. The van der Waals surface area contributed by atoms with Gasteiger partial charge in [0, 0.05) is 12.3 Å². The van der Waals surface area contributed by atoms with Crippen LogP contribution in [-0.4, -0.2) is 29.2 Å². The maximum absolute atomic E-state index is 5.81. The second-order valence-corrected chi connectivity index (χ2v) is 3.85. The molecule has 1 heterocycles. The van der Waals surface area contributed by atoms with Crippen LogP contribution in [0.1, 0.15) is 20.8 Å². The molecule has 62 valence electrons. The van der Waals surface area contributed by atoms with Crippen LogP contribution in [0.25, 0.3) is 0 Å². The van der Waals surface area contributed by atoms with E-state index in [9.17, 15) is 0 Å². The van der Waals surface area contributed by atoms with Crippen molar-refractivity contribution >= 4 is 11.8 Å². The van der Waals surface area contributed by atoms with Gasteiger partial charge >= 0.3 is 0 Å². The molecule has 1 saturated heterocycles. The fraction of sp³-hybridized carbons (Fsp3) is 1.00. The summed E-state index contributed by atoms with van der Waals surface area (Å²) in [5.74, 6) is 1.17. The molecule has 10 heavy (non-hydrogen) atoms. The predicted molar refractivity (Wildman–Crippen MR) is 49.0 cm³/mol. The fourth-order valence-corrected chi connectivity index (χ4v) is 1.81. The second-order valence-electron chi connectivity index (χ2n) is 2.32. The molecular formula is C7H18N2S. The lowest BCUT2D eigenvalue weighted by Crippen LogP contribution is -2.44. The van der Waals surface area contributed by atoms with Crippen molar-refractivity contribution in [1.82, 2.24) is 4.90 Å². The number of hydrogen-bond acceptors (Lipinski definition) is 3. The third-order valence-electron chi connectivity index (χ3n) is 1.58. The van der Waals surface area contributed by atoms with Crippen LogP contribution in [-0.2, 0) is 0 Å². The topological polar surface area (TPSA) is 29.3 Å². The third kappa shape index (κ3) is 2.48. The summed E-state index contributed by atoms with van der Waals surface area (Å²) in [6, 6.07) is 0. The minimum Gasteiger partial charge on any atom is -0.305 e. The normalized spacial score (nSPS) is 33.3. The van der Waals surface area contributed by atoms with Crippen LogP contribution in [0.5, 0.6) is 0 Å². The minimum absolute atomic E-state index is 0.0972. The standard InChI is InChI=1S/C5H12N2S.C2H6/c1-5(6)7(2)3-4-8-5;1-2/h3-4,6H2,1-2H3;1-2H3. The van der Waals surface area contributed by atoms with Crippen molar-refractivity contribution in [2.75, 3.05) is 19.3 Å². The van der Waals surface area contributed by atoms with Crippen molar-refractivity contribution in [3.8, 4) is 0 Å². The Bertz CT molecular complexity index is 93.6. The lowest BCUT2D eigenvalue weighted by atomic mass is 10.5. The molecule has 1 fully saturated rings. The Morgan fingerprint density at radius 1 is 1.50 bits per heavy atom. The first-order valence-electron chi connectivity index (χ1n) is 3.77. The number of nitrogens with zero attached hydrogens (tertiary/aromatic N) is 1. The summed E-state index contributed by atoms with van der Waals surface area (Å²) in [4.78, 5) is 2.07. The molecule has 1 aliphatic rings. The van der Waals surface area contributed by atoms with Crippen LogP contribution in [0.3, 0.4) is 0 Å². The molecule has 0 saturated carbocycles. The highest BCUT2D eigenvalue weighted by Crippen LogP contribution is 2.27. The molecule has 0 amide bonds. The van der Waals surface area contributed by atoms with E-state index in [-0.39, 0.29) is 4.99 Å². The summed E-state index contributed by atoms with van der Waals surface area (Å²) in [5.41, 5.74) is 5.81. The largest absolute Gasteiger partial charge is 0.305 e. The van der Waals surface area contributed by atoms with Gasteiger partial charge in [-0.2, -0.15) is 0 Å². The number of rotatable bonds is 0. The summed E-state index contributed by atoms with van der Waals surface area (Å²) in [6.45, 7) is 7.17. The molecule has 1 unspecified atom stereocenters. The summed E-state index contributed by atoms with van der Waals surface area (Å²) in [6.07, 6.45) is 0. The number of hydrogen-bond donors (Lipinski definition) is 1. The minimum atomic E-state index is -0.0972. The molecule has 0 aromatic rings. The Balaban J connectivity index is 0.000000371. The van der Waals surface area contributed by atoms with Crippen molar-refractivity contribution in [3.05, 3.63) is 0 Å². The Kier molecular flexibility index (Phi) is 4.32. The summed E-state index contributed by atoms with van der Waals surface area (Å²) < 4.78 is 0.